The maximum atomic E-state index is 10.5. The van der Waals surface area contributed by atoms with E-state index in [-0.39, 0.29) is 5.60 Å². The quantitative estimate of drug-likeness (QED) is 0.734. The van der Waals surface area contributed by atoms with E-state index < -0.39 is 5.97 Å². The number of thioether (sulfide) groups is 1. The van der Waals surface area contributed by atoms with Crippen LogP contribution in [0.5, 0.6) is 0 Å². The first kappa shape index (κ1) is 9.34. The number of ether oxygens (including phenoxy) is 1. The van der Waals surface area contributed by atoms with Gasteiger partial charge in [0.2, 0.25) is 0 Å². The van der Waals surface area contributed by atoms with Crippen LogP contribution in [-0.2, 0) is 9.53 Å². The van der Waals surface area contributed by atoms with Gasteiger partial charge in [-0.2, -0.15) is 11.8 Å². The second kappa shape index (κ2) is 3.50. The minimum Gasteiger partial charge on any atom is -0.481 e. The Morgan fingerprint density at radius 3 is 2.92 bits per heavy atom. The van der Waals surface area contributed by atoms with Gasteiger partial charge in [0.05, 0.1) is 5.60 Å². The zero-order chi connectivity index (χ0) is 9.31. The van der Waals surface area contributed by atoms with Crippen LogP contribution in [-0.4, -0.2) is 34.8 Å². The van der Waals surface area contributed by atoms with Crippen LogP contribution < -0.4 is 0 Å². The van der Waals surface area contributed by atoms with Crippen molar-refractivity contribution in [1.29, 1.82) is 0 Å². The lowest BCUT2D eigenvalue weighted by molar-refractivity contribution is -0.140. The lowest BCUT2D eigenvalue weighted by Crippen LogP contribution is -2.50. The normalized spacial score (nSPS) is 31.2. The number of hydrogen-bond donors (Lipinski definition) is 1. The van der Waals surface area contributed by atoms with Gasteiger partial charge < -0.3 is 9.84 Å². The van der Waals surface area contributed by atoms with Crippen molar-refractivity contribution in [3.05, 3.63) is 0 Å². The minimum absolute atomic E-state index is 0.0586. The van der Waals surface area contributed by atoms with Gasteiger partial charge in [-0.05, 0) is 18.8 Å². The second-order valence-corrected chi connectivity index (χ2v) is 4.97. The molecule has 0 radical (unpaired) electrons. The largest absolute Gasteiger partial charge is 0.481 e. The van der Waals surface area contributed by atoms with Crippen LogP contribution in [0.4, 0.5) is 0 Å². The smallest absolute Gasteiger partial charge is 0.303 e. The molecule has 13 heavy (non-hydrogen) atoms. The molecule has 1 atom stereocenters. The van der Waals surface area contributed by atoms with Crippen LogP contribution in [0.25, 0.3) is 0 Å². The summed E-state index contributed by atoms with van der Waals surface area (Å²) in [6.45, 7) is 0.749. The average molecular weight is 202 g/mol. The molecule has 2 fully saturated rings. The topological polar surface area (TPSA) is 46.5 Å². The standard InChI is InChI=1S/C9H14O3S/c10-8(11)3-7-1-2-12-9(4-7)5-13-6-9/h7H,1-6H2,(H,10,11). The number of carboxylic acids is 1. The van der Waals surface area contributed by atoms with E-state index in [4.69, 9.17) is 9.84 Å². The first-order chi connectivity index (χ1) is 6.20. The summed E-state index contributed by atoms with van der Waals surface area (Å²) in [7, 11) is 0. The molecule has 74 valence electrons. The molecule has 0 amide bonds. The summed E-state index contributed by atoms with van der Waals surface area (Å²) in [5.41, 5.74) is 0.0586. The highest BCUT2D eigenvalue weighted by Crippen LogP contribution is 2.42. The Hall–Kier alpha value is -0.220. The summed E-state index contributed by atoms with van der Waals surface area (Å²) < 4.78 is 5.70. The fraction of sp³-hybridized carbons (Fsp3) is 0.889. The molecule has 0 aromatic heterocycles. The predicted molar refractivity (Wildman–Crippen MR) is 51.0 cm³/mol. The van der Waals surface area contributed by atoms with E-state index in [0.717, 1.165) is 31.0 Å². The average Bonchev–Trinajstić information content (AvgIpc) is 2.01. The van der Waals surface area contributed by atoms with E-state index >= 15 is 0 Å². The molecule has 3 nitrogen and oxygen atoms in total. The highest BCUT2D eigenvalue weighted by atomic mass is 32.2. The van der Waals surface area contributed by atoms with Gasteiger partial charge >= 0.3 is 5.97 Å². The molecule has 0 bridgehead atoms. The first-order valence-electron chi connectivity index (χ1n) is 4.64. The van der Waals surface area contributed by atoms with Crippen molar-refractivity contribution in [2.45, 2.75) is 24.9 Å². The Labute approximate surface area is 81.8 Å². The zero-order valence-electron chi connectivity index (χ0n) is 7.49. The van der Waals surface area contributed by atoms with Gasteiger partial charge in [-0.15, -0.1) is 0 Å². The lowest BCUT2D eigenvalue weighted by atomic mass is 9.85. The minimum atomic E-state index is -0.672. The van der Waals surface area contributed by atoms with E-state index in [1.54, 1.807) is 0 Å². The number of hydrogen-bond acceptors (Lipinski definition) is 3. The monoisotopic (exact) mass is 202 g/mol. The maximum absolute atomic E-state index is 10.5. The molecule has 1 spiro atoms. The van der Waals surface area contributed by atoms with Gasteiger partial charge in [0.15, 0.2) is 0 Å². The maximum Gasteiger partial charge on any atom is 0.303 e. The fourth-order valence-electron chi connectivity index (χ4n) is 2.08. The molecule has 2 aliphatic heterocycles. The third-order valence-corrected chi connectivity index (χ3v) is 4.25. The first-order valence-corrected chi connectivity index (χ1v) is 5.79. The van der Waals surface area contributed by atoms with Gasteiger partial charge in [0.25, 0.3) is 0 Å². The molecule has 0 aromatic carbocycles. The summed E-state index contributed by atoms with van der Waals surface area (Å²) in [6, 6.07) is 0. The van der Waals surface area contributed by atoms with Gasteiger partial charge in [-0.1, -0.05) is 0 Å². The summed E-state index contributed by atoms with van der Waals surface area (Å²) in [4.78, 5) is 10.5. The van der Waals surface area contributed by atoms with Gasteiger partial charge in [0, 0.05) is 24.5 Å². The van der Waals surface area contributed by atoms with Crippen LogP contribution in [0, 0.1) is 5.92 Å². The molecule has 4 heteroatoms. The molecule has 0 aliphatic carbocycles. The Morgan fingerprint density at radius 1 is 1.62 bits per heavy atom. The molecule has 2 saturated heterocycles. The van der Waals surface area contributed by atoms with Crippen molar-refractivity contribution in [1.82, 2.24) is 0 Å². The van der Waals surface area contributed by atoms with Crippen LogP contribution in [0.1, 0.15) is 19.3 Å². The summed E-state index contributed by atoms with van der Waals surface area (Å²) in [5, 5.41) is 8.68. The summed E-state index contributed by atoms with van der Waals surface area (Å²) >= 11 is 1.89. The van der Waals surface area contributed by atoms with Crippen molar-refractivity contribution in [2.24, 2.45) is 5.92 Å². The Balaban J connectivity index is 1.88. The predicted octanol–water partition coefficient (Wildman–Crippen LogP) is 1.37. The van der Waals surface area contributed by atoms with Crippen LogP contribution >= 0.6 is 11.8 Å². The van der Waals surface area contributed by atoms with Gasteiger partial charge in [-0.25, -0.2) is 0 Å². The lowest BCUT2D eigenvalue weighted by Gasteiger charge is -2.46. The number of carboxylic acid groups (broad SMARTS) is 1. The Kier molecular flexibility index (Phi) is 2.51. The van der Waals surface area contributed by atoms with Crippen molar-refractivity contribution >= 4 is 17.7 Å². The van der Waals surface area contributed by atoms with Crippen molar-refractivity contribution in [3.8, 4) is 0 Å². The molecule has 2 rings (SSSR count). The van der Waals surface area contributed by atoms with Crippen LogP contribution in [0.3, 0.4) is 0 Å². The van der Waals surface area contributed by atoms with Crippen molar-refractivity contribution in [3.63, 3.8) is 0 Å². The number of aliphatic carboxylic acids is 1. The molecule has 1 N–H and O–H groups in total. The summed E-state index contributed by atoms with van der Waals surface area (Å²) in [5.74, 6) is 1.79. The Bertz CT molecular complexity index is 213. The van der Waals surface area contributed by atoms with E-state index in [2.05, 4.69) is 0 Å². The Morgan fingerprint density at radius 2 is 2.38 bits per heavy atom. The zero-order valence-corrected chi connectivity index (χ0v) is 8.31. The van der Waals surface area contributed by atoms with Gasteiger partial charge in [0.1, 0.15) is 0 Å². The molecule has 0 saturated carbocycles. The molecule has 2 aliphatic rings. The molecule has 2 heterocycles. The van der Waals surface area contributed by atoms with E-state index in [9.17, 15) is 4.79 Å². The van der Waals surface area contributed by atoms with Crippen LogP contribution in [0.15, 0.2) is 0 Å². The van der Waals surface area contributed by atoms with Gasteiger partial charge in [-0.3, -0.25) is 4.79 Å². The molecular formula is C9H14O3S. The number of carbonyl (C=O) groups is 1. The molecule has 0 aromatic rings. The summed E-state index contributed by atoms with van der Waals surface area (Å²) in [6.07, 6.45) is 2.18. The SMILES string of the molecule is O=C(O)CC1CCOC2(CSC2)C1. The van der Waals surface area contributed by atoms with E-state index in [0.29, 0.717) is 12.3 Å². The third-order valence-electron chi connectivity index (χ3n) is 2.79. The number of rotatable bonds is 2. The third kappa shape index (κ3) is 1.99. The highest BCUT2D eigenvalue weighted by Gasteiger charge is 2.43. The van der Waals surface area contributed by atoms with E-state index in [1.807, 2.05) is 11.8 Å². The highest BCUT2D eigenvalue weighted by molar-refractivity contribution is 8.00. The van der Waals surface area contributed by atoms with Crippen molar-refractivity contribution < 1.29 is 14.6 Å². The van der Waals surface area contributed by atoms with E-state index in [1.165, 1.54) is 0 Å². The molecular weight excluding hydrogens is 188 g/mol. The fourth-order valence-corrected chi connectivity index (χ4v) is 3.14. The van der Waals surface area contributed by atoms with Crippen LogP contribution in [0.2, 0.25) is 0 Å². The van der Waals surface area contributed by atoms with Crippen molar-refractivity contribution in [2.75, 3.05) is 18.1 Å². The molecule has 1 unspecified atom stereocenters. The second-order valence-electron chi connectivity index (χ2n) is 3.98.